The molecule has 1 N–H and O–H groups in total. The summed E-state index contributed by atoms with van der Waals surface area (Å²) in [6.45, 7) is 4.26. The molecule has 0 aliphatic heterocycles. The molecule has 3 nitrogen and oxygen atoms in total. The fraction of sp³-hybridized carbons (Fsp3) is 0.588. The van der Waals surface area contributed by atoms with E-state index in [-0.39, 0.29) is 5.97 Å². The molecule has 2 rings (SSSR count). The van der Waals surface area contributed by atoms with Gasteiger partial charge < -0.3 is 10.1 Å². The molecule has 0 bridgehead atoms. The molecule has 1 fully saturated rings. The van der Waals surface area contributed by atoms with Crippen LogP contribution in [0.5, 0.6) is 0 Å². The van der Waals surface area contributed by atoms with Crippen LogP contribution in [0.4, 0.5) is 0 Å². The zero-order chi connectivity index (χ0) is 14.4. The molecule has 3 heteroatoms. The second-order valence-electron chi connectivity index (χ2n) is 5.82. The number of methoxy groups -OCH3 is 1. The number of nitrogens with one attached hydrogen (secondary N) is 1. The lowest BCUT2D eigenvalue weighted by atomic mass is 9.98. The number of rotatable bonds is 6. The predicted molar refractivity (Wildman–Crippen MR) is 80.4 cm³/mol. The Hall–Kier alpha value is -1.35. The molecule has 20 heavy (non-hydrogen) atoms. The smallest absolute Gasteiger partial charge is 0.309 e. The average molecular weight is 275 g/mol. The van der Waals surface area contributed by atoms with Gasteiger partial charge in [-0.05, 0) is 35.9 Å². The monoisotopic (exact) mass is 275 g/mol. The van der Waals surface area contributed by atoms with E-state index >= 15 is 0 Å². The summed E-state index contributed by atoms with van der Waals surface area (Å²) >= 11 is 0. The minimum atomic E-state index is -0.179. The summed E-state index contributed by atoms with van der Waals surface area (Å²) < 4.78 is 4.75. The molecule has 1 aromatic carbocycles. The third-order valence-electron chi connectivity index (χ3n) is 4.44. The maximum Gasteiger partial charge on any atom is 0.309 e. The van der Waals surface area contributed by atoms with Gasteiger partial charge in [-0.15, -0.1) is 0 Å². The van der Waals surface area contributed by atoms with Crippen molar-refractivity contribution < 1.29 is 9.53 Å². The zero-order valence-corrected chi connectivity index (χ0v) is 12.5. The number of carbonyl (C=O) groups is 1. The van der Waals surface area contributed by atoms with E-state index < -0.39 is 0 Å². The molecular formula is C17H25NO2. The van der Waals surface area contributed by atoms with Crippen LogP contribution < -0.4 is 5.32 Å². The Balaban J connectivity index is 1.87. The van der Waals surface area contributed by atoms with Crippen LogP contribution in [0.25, 0.3) is 0 Å². The lowest BCUT2D eigenvalue weighted by Gasteiger charge is -2.17. The van der Waals surface area contributed by atoms with Gasteiger partial charge in [0.1, 0.15) is 0 Å². The summed E-state index contributed by atoms with van der Waals surface area (Å²) in [6, 6.07) is 8.09. The van der Waals surface area contributed by atoms with Crippen molar-refractivity contribution in [1.29, 1.82) is 0 Å². The summed E-state index contributed by atoms with van der Waals surface area (Å²) in [5.41, 5.74) is 2.26. The topological polar surface area (TPSA) is 38.3 Å². The predicted octanol–water partition coefficient (Wildman–Crippen LogP) is 2.93. The number of esters is 1. The second-order valence-corrected chi connectivity index (χ2v) is 5.82. The fourth-order valence-corrected chi connectivity index (χ4v) is 3.05. The minimum absolute atomic E-state index is 0.179. The highest BCUT2D eigenvalue weighted by atomic mass is 16.5. The molecule has 110 valence electrons. The Bertz CT molecular complexity index is 444. The Morgan fingerprint density at radius 2 is 2.05 bits per heavy atom. The van der Waals surface area contributed by atoms with Gasteiger partial charge in [0.2, 0.25) is 0 Å². The van der Waals surface area contributed by atoms with Gasteiger partial charge in [0.15, 0.2) is 0 Å². The molecular weight excluding hydrogens is 250 g/mol. The van der Waals surface area contributed by atoms with Gasteiger partial charge in [-0.1, -0.05) is 44.0 Å². The van der Waals surface area contributed by atoms with Crippen molar-refractivity contribution in [3.8, 4) is 0 Å². The molecule has 0 spiro atoms. The Morgan fingerprint density at radius 1 is 1.30 bits per heavy atom. The van der Waals surface area contributed by atoms with Crippen LogP contribution in [0.3, 0.4) is 0 Å². The summed E-state index contributed by atoms with van der Waals surface area (Å²) in [6.07, 6.45) is 4.43. The lowest BCUT2D eigenvalue weighted by Crippen LogP contribution is -2.24. The number of ether oxygens (including phenoxy) is 1. The van der Waals surface area contributed by atoms with Crippen molar-refractivity contribution in [3.05, 3.63) is 35.4 Å². The van der Waals surface area contributed by atoms with Crippen molar-refractivity contribution >= 4 is 5.97 Å². The maximum atomic E-state index is 11.4. The number of hydrogen-bond donors (Lipinski definition) is 1. The maximum absolute atomic E-state index is 11.4. The van der Waals surface area contributed by atoms with Gasteiger partial charge in [0, 0.05) is 6.54 Å². The molecule has 1 aliphatic carbocycles. The largest absolute Gasteiger partial charge is 0.469 e. The SMILES string of the molecule is COC(=O)Cc1ccccc1CNCC1CCCC1C. The molecule has 0 saturated heterocycles. The van der Waals surface area contributed by atoms with Crippen molar-refractivity contribution in [2.75, 3.05) is 13.7 Å². The molecule has 2 atom stereocenters. The summed E-state index contributed by atoms with van der Waals surface area (Å²) in [5.74, 6) is 1.47. The van der Waals surface area contributed by atoms with Crippen LogP contribution in [0.15, 0.2) is 24.3 Å². The second kappa shape index (κ2) is 7.44. The van der Waals surface area contributed by atoms with Gasteiger partial charge in [0.05, 0.1) is 13.5 Å². The third-order valence-corrected chi connectivity index (χ3v) is 4.44. The van der Waals surface area contributed by atoms with E-state index in [0.717, 1.165) is 30.5 Å². The van der Waals surface area contributed by atoms with Crippen LogP contribution >= 0.6 is 0 Å². The first-order chi connectivity index (χ1) is 9.70. The lowest BCUT2D eigenvalue weighted by molar-refractivity contribution is -0.139. The van der Waals surface area contributed by atoms with Gasteiger partial charge in [-0.25, -0.2) is 0 Å². The molecule has 0 radical (unpaired) electrons. The first kappa shape index (κ1) is 15.0. The van der Waals surface area contributed by atoms with Crippen molar-refractivity contribution in [2.45, 2.75) is 39.2 Å². The highest BCUT2D eigenvalue weighted by Crippen LogP contribution is 2.30. The van der Waals surface area contributed by atoms with E-state index in [1.165, 1.54) is 31.9 Å². The van der Waals surface area contributed by atoms with E-state index in [1.807, 2.05) is 18.2 Å². The van der Waals surface area contributed by atoms with Gasteiger partial charge >= 0.3 is 5.97 Å². The van der Waals surface area contributed by atoms with Crippen LogP contribution in [0.1, 0.15) is 37.3 Å². The summed E-state index contributed by atoms with van der Waals surface area (Å²) in [4.78, 5) is 11.4. The quantitative estimate of drug-likeness (QED) is 0.811. The van der Waals surface area contributed by atoms with Crippen molar-refractivity contribution in [1.82, 2.24) is 5.32 Å². The van der Waals surface area contributed by atoms with Gasteiger partial charge in [-0.3, -0.25) is 4.79 Å². The minimum Gasteiger partial charge on any atom is -0.469 e. The van der Waals surface area contributed by atoms with Crippen LogP contribution in [-0.2, 0) is 22.5 Å². The van der Waals surface area contributed by atoms with Crippen LogP contribution in [0, 0.1) is 11.8 Å². The summed E-state index contributed by atoms with van der Waals surface area (Å²) in [7, 11) is 1.44. The standard InChI is InChI=1S/C17H25NO2/c1-13-6-5-9-15(13)11-18-12-16-8-4-3-7-14(16)10-17(19)20-2/h3-4,7-8,13,15,18H,5-6,9-12H2,1-2H3. The normalized spacial score (nSPS) is 21.9. The average Bonchev–Trinajstić information content (AvgIpc) is 2.86. The molecule has 1 saturated carbocycles. The van der Waals surface area contributed by atoms with E-state index in [4.69, 9.17) is 4.74 Å². The van der Waals surface area contributed by atoms with E-state index in [9.17, 15) is 4.79 Å². The van der Waals surface area contributed by atoms with Gasteiger partial charge in [0.25, 0.3) is 0 Å². The van der Waals surface area contributed by atoms with Gasteiger partial charge in [-0.2, -0.15) is 0 Å². The molecule has 0 amide bonds. The van der Waals surface area contributed by atoms with E-state index in [1.54, 1.807) is 0 Å². The molecule has 0 aromatic heterocycles. The third kappa shape index (κ3) is 4.07. The fourth-order valence-electron chi connectivity index (χ4n) is 3.05. The summed E-state index contributed by atoms with van der Waals surface area (Å²) in [5, 5.41) is 3.55. The highest BCUT2D eigenvalue weighted by molar-refractivity contribution is 5.72. The van der Waals surface area contributed by atoms with Crippen molar-refractivity contribution in [2.24, 2.45) is 11.8 Å². The Kier molecular flexibility index (Phi) is 5.60. The van der Waals surface area contributed by atoms with Crippen LogP contribution in [-0.4, -0.2) is 19.6 Å². The molecule has 1 aliphatic rings. The number of benzene rings is 1. The first-order valence-corrected chi connectivity index (χ1v) is 7.55. The van der Waals surface area contributed by atoms with E-state index in [2.05, 4.69) is 18.3 Å². The highest BCUT2D eigenvalue weighted by Gasteiger charge is 2.22. The zero-order valence-electron chi connectivity index (χ0n) is 12.5. The van der Waals surface area contributed by atoms with E-state index in [0.29, 0.717) is 6.42 Å². The Morgan fingerprint density at radius 3 is 2.70 bits per heavy atom. The molecule has 2 unspecified atom stereocenters. The molecule has 0 heterocycles. The number of hydrogen-bond acceptors (Lipinski definition) is 3. The van der Waals surface area contributed by atoms with Crippen molar-refractivity contribution in [3.63, 3.8) is 0 Å². The van der Waals surface area contributed by atoms with Crippen LogP contribution in [0.2, 0.25) is 0 Å². The first-order valence-electron chi connectivity index (χ1n) is 7.55. The number of carbonyl (C=O) groups excluding carboxylic acids is 1. The Labute approximate surface area is 121 Å². The molecule has 1 aromatic rings.